The average Bonchev–Trinajstić information content (AvgIpc) is 2.60. The SMILES string of the molecule is ClC1CCCc2ccc(OCc3ccc4ccccc4n3)cc21. The fourth-order valence-electron chi connectivity index (χ4n) is 3.16. The van der Waals surface area contributed by atoms with Crippen LogP contribution in [0, 0.1) is 0 Å². The van der Waals surface area contributed by atoms with Crippen LogP contribution in [0.3, 0.4) is 0 Å². The van der Waals surface area contributed by atoms with Crippen molar-refractivity contribution in [1.29, 1.82) is 0 Å². The van der Waals surface area contributed by atoms with E-state index in [0.717, 1.165) is 35.2 Å². The molecule has 1 atom stereocenters. The number of para-hydroxylation sites is 1. The molecule has 0 radical (unpaired) electrons. The molecule has 0 saturated carbocycles. The highest BCUT2D eigenvalue weighted by atomic mass is 35.5. The zero-order chi connectivity index (χ0) is 15.6. The summed E-state index contributed by atoms with van der Waals surface area (Å²) in [5.74, 6) is 0.867. The molecule has 2 aromatic carbocycles. The standard InChI is InChI=1S/C20H18ClNO/c21-19-6-3-5-14-9-11-17(12-18(14)19)23-13-16-10-8-15-4-1-2-7-20(15)22-16/h1-2,4,7-12,19H,3,5-6,13H2. The molecule has 0 N–H and O–H groups in total. The fraction of sp³-hybridized carbons (Fsp3) is 0.250. The quantitative estimate of drug-likeness (QED) is 0.599. The third-order valence-electron chi connectivity index (χ3n) is 4.40. The minimum Gasteiger partial charge on any atom is -0.487 e. The molecule has 0 bridgehead atoms. The van der Waals surface area contributed by atoms with Gasteiger partial charge in [0.1, 0.15) is 12.4 Å². The zero-order valence-electron chi connectivity index (χ0n) is 12.8. The Balaban J connectivity index is 1.52. The highest BCUT2D eigenvalue weighted by Crippen LogP contribution is 2.36. The second-order valence-electron chi connectivity index (χ2n) is 6.00. The second-order valence-corrected chi connectivity index (χ2v) is 6.53. The van der Waals surface area contributed by atoms with Gasteiger partial charge in [0.2, 0.25) is 0 Å². The Morgan fingerprint density at radius 1 is 1.09 bits per heavy atom. The predicted molar refractivity (Wildman–Crippen MR) is 94.0 cm³/mol. The lowest BCUT2D eigenvalue weighted by Crippen LogP contribution is -2.06. The first-order valence-corrected chi connectivity index (χ1v) is 8.47. The number of hydrogen-bond donors (Lipinski definition) is 0. The van der Waals surface area contributed by atoms with Gasteiger partial charge in [-0.2, -0.15) is 0 Å². The maximum absolute atomic E-state index is 6.43. The van der Waals surface area contributed by atoms with E-state index in [-0.39, 0.29) is 5.38 Å². The third kappa shape index (κ3) is 3.04. The smallest absolute Gasteiger partial charge is 0.130 e. The van der Waals surface area contributed by atoms with Crippen molar-refractivity contribution in [2.75, 3.05) is 0 Å². The molecule has 116 valence electrons. The van der Waals surface area contributed by atoms with E-state index >= 15 is 0 Å². The normalized spacial score (nSPS) is 17.0. The average molecular weight is 324 g/mol. The van der Waals surface area contributed by atoms with Crippen LogP contribution in [0.5, 0.6) is 5.75 Å². The van der Waals surface area contributed by atoms with E-state index in [1.807, 2.05) is 30.3 Å². The molecule has 1 unspecified atom stereocenters. The summed E-state index contributed by atoms with van der Waals surface area (Å²) < 4.78 is 5.93. The van der Waals surface area contributed by atoms with E-state index in [4.69, 9.17) is 16.3 Å². The highest BCUT2D eigenvalue weighted by molar-refractivity contribution is 6.21. The number of aryl methyl sites for hydroxylation is 1. The van der Waals surface area contributed by atoms with Crippen LogP contribution in [0.2, 0.25) is 0 Å². The molecule has 0 fully saturated rings. The molecular formula is C20H18ClNO. The molecule has 0 spiro atoms. The molecule has 1 heterocycles. The molecule has 0 saturated heterocycles. The number of halogens is 1. The number of pyridine rings is 1. The van der Waals surface area contributed by atoms with E-state index in [1.165, 1.54) is 17.5 Å². The lowest BCUT2D eigenvalue weighted by Gasteiger charge is -2.21. The van der Waals surface area contributed by atoms with Gasteiger partial charge in [-0.25, -0.2) is 4.98 Å². The van der Waals surface area contributed by atoms with Crippen molar-refractivity contribution in [3.63, 3.8) is 0 Å². The van der Waals surface area contributed by atoms with Gasteiger partial charge in [-0.15, -0.1) is 11.6 Å². The fourth-order valence-corrected chi connectivity index (χ4v) is 3.51. The predicted octanol–water partition coefficient (Wildman–Crippen LogP) is 5.43. The lowest BCUT2D eigenvalue weighted by molar-refractivity contribution is 0.301. The van der Waals surface area contributed by atoms with Crippen molar-refractivity contribution in [3.05, 3.63) is 71.4 Å². The second kappa shape index (κ2) is 6.21. The number of benzene rings is 2. The molecule has 1 aromatic heterocycles. The molecule has 3 aromatic rings. The topological polar surface area (TPSA) is 22.1 Å². The number of nitrogens with zero attached hydrogens (tertiary/aromatic N) is 1. The van der Waals surface area contributed by atoms with Crippen LogP contribution in [0.25, 0.3) is 10.9 Å². The summed E-state index contributed by atoms with van der Waals surface area (Å²) in [4.78, 5) is 4.64. The van der Waals surface area contributed by atoms with Gasteiger partial charge in [-0.05, 0) is 54.7 Å². The molecule has 0 amide bonds. The van der Waals surface area contributed by atoms with Crippen molar-refractivity contribution in [2.24, 2.45) is 0 Å². The van der Waals surface area contributed by atoms with Crippen LogP contribution in [0.4, 0.5) is 0 Å². The van der Waals surface area contributed by atoms with Gasteiger partial charge < -0.3 is 4.74 Å². The number of fused-ring (bicyclic) bond motifs is 2. The highest BCUT2D eigenvalue weighted by Gasteiger charge is 2.18. The summed E-state index contributed by atoms with van der Waals surface area (Å²) in [6.45, 7) is 0.469. The minimum atomic E-state index is 0.112. The van der Waals surface area contributed by atoms with Crippen molar-refractivity contribution in [2.45, 2.75) is 31.2 Å². The van der Waals surface area contributed by atoms with Crippen LogP contribution >= 0.6 is 11.6 Å². The van der Waals surface area contributed by atoms with E-state index in [0.29, 0.717) is 6.61 Å². The Morgan fingerprint density at radius 3 is 2.96 bits per heavy atom. The minimum absolute atomic E-state index is 0.112. The molecule has 0 aliphatic heterocycles. The number of ether oxygens (including phenoxy) is 1. The molecule has 3 heteroatoms. The summed E-state index contributed by atoms with van der Waals surface area (Å²) in [7, 11) is 0. The summed E-state index contributed by atoms with van der Waals surface area (Å²) in [6, 6.07) is 18.5. The Kier molecular flexibility index (Phi) is 3.92. The van der Waals surface area contributed by atoms with Crippen LogP contribution in [0.15, 0.2) is 54.6 Å². The van der Waals surface area contributed by atoms with Gasteiger partial charge >= 0.3 is 0 Å². The number of rotatable bonds is 3. The van der Waals surface area contributed by atoms with Crippen LogP contribution in [-0.2, 0) is 13.0 Å². The van der Waals surface area contributed by atoms with Gasteiger partial charge in [0.05, 0.1) is 16.6 Å². The van der Waals surface area contributed by atoms with Gasteiger partial charge in [0.15, 0.2) is 0 Å². The Morgan fingerprint density at radius 2 is 2.00 bits per heavy atom. The molecular weight excluding hydrogens is 306 g/mol. The third-order valence-corrected chi connectivity index (χ3v) is 4.85. The molecule has 2 nitrogen and oxygen atoms in total. The van der Waals surface area contributed by atoms with E-state index in [9.17, 15) is 0 Å². The van der Waals surface area contributed by atoms with E-state index in [1.54, 1.807) is 0 Å². The summed E-state index contributed by atoms with van der Waals surface area (Å²) in [5.41, 5.74) is 4.51. The van der Waals surface area contributed by atoms with Crippen LogP contribution in [-0.4, -0.2) is 4.98 Å². The van der Waals surface area contributed by atoms with Crippen molar-refractivity contribution in [1.82, 2.24) is 4.98 Å². The molecule has 1 aliphatic rings. The first-order chi connectivity index (χ1) is 11.3. The van der Waals surface area contributed by atoms with Crippen LogP contribution < -0.4 is 4.74 Å². The Hall–Kier alpha value is -2.06. The van der Waals surface area contributed by atoms with Gasteiger partial charge in [0, 0.05) is 5.39 Å². The van der Waals surface area contributed by atoms with Crippen molar-refractivity contribution < 1.29 is 4.74 Å². The number of hydrogen-bond acceptors (Lipinski definition) is 2. The summed E-state index contributed by atoms with van der Waals surface area (Å²) >= 11 is 6.43. The number of aromatic nitrogens is 1. The largest absolute Gasteiger partial charge is 0.487 e. The molecule has 1 aliphatic carbocycles. The van der Waals surface area contributed by atoms with Gasteiger partial charge in [0.25, 0.3) is 0 Å². The van der Waals surface area contributed by atoms with Gasteiger partial charge in [-0.1, -0.05) is 30.3 Å². The summed E-state index contributed by atoms with van der Waals surface area (Å²) in [6.07, 6.45) is 3.33. The first-order valence-electron chi connectivity index (χ1n) is 8.04. The van der Waals surface area contributed by atoms with E-state index in [2.05, 4.69) is 29.2 Å². The maximum atomic E-state index is 6.43. The molecule has 23 heavy (non-hydrogen) atoms. The molecule has 4 rings (SSSR count). The monoisotopic (exact) mass is 323 g/mol. The van der Waals surface area contributed by atoms with Crippen molar-refractivity contribution >= 4 is 22.5 Å². The van der Waals surface area contributed by atoms with Crippen LogP contribution in [0.1, 0.15) is 35.0 Å². The lowest BCUT2D eigenvalue weighted by atomic mass is 9.91. The zero-order valence-corrected chi connectivity index (χ0v) is 13.6. The van der Waals surface area contributed by atoms with Crippen molar-refractivity contribution in [3.8, 4) is 5.75 Å². The number of alkyl halides is 1. The Bertz CT molecular complexity index is 846. The maximum Gasteiger partial charge on any atom is 0.130 e. The Labute approximate surface area is 141 Å². The van der Waals surface area contributed by atoms with Gasteiger partial charge in [-0.3, -0.25) is 0 Å². The first kappa shape index (κ1) is 14.5. The summed E-state index contributed by atoms with van der Waals surface area (Å²) in [5, 5.41) is 1.26. The van der Waals surface area contributed by atoms with E-state index < -0.39 is 0 Å².